The molecule has 102 valence electrons. The molecule has 3 aromatic rings. The number of fused-ring (bicyclic) bond motifs is 1. The van der Waals surface area contributed by atoms with Gasteiger partial charge in [0.2, 0.25) is 0 Å². The van der Waals surface area contributed by atoms with Crippen LogP contribution in [0.1, 0.15) is 15.9 Å². The maximum Gasteiger partial charge on any atom is 0.256 e. The molecule has 20 heavy (non-hydrogen) atoms. The van der Waals surface area contributed by atoms with Crippen LogP contribution in [0, 0.1) is 0 Å². The van der Waals surface area contributed by atoms with E-state index in [2.05, 4.69) is 26.3 Å². The van der Waals surface area contributed by atoms with Gasteiger partial charge in [-0.05, 0) is 39.0 Å². The van der Waals surface area contributed by atoms with Gasteiger partial charge in [0.15, 0.2) is 0 Å². The number of benzene rings is 1. The molecule has 0 fully saturated rings. The van der Waals surface area contributed by atoms with Gasteiger partial charge in [0.25, 0.3) is 5.91 Å². The van der Waals surface area contributed by atoms with Gasteiger partial charge in [0.1, 0.15) is 0 Å². The van der Waals surface area contributed by atoms with Crippen molar-refractivity contribution in [1.29, 1.82) is 0 Å². The van der Waals surface area contributed by atoms with Gasteiger partial charge in [0.05, 0.1) is 9.35 Å². The molecule has 1 N–H and O–H groups in total. The number of aromatic amines is 1. The third-order valence-electron chi connectivity index (χ3n) is 3.21. The number of H-pyrrole nitrogens is 1. The van der Waals surface area contributed by atoms with Crippen molar-refractivity contribution in [2.75, 3.05) is 7.05 Å². The second-order valence-electron chi connectivity index (χ2n) is 4.67. The lowest BCUT2D eigenvalue weighted by Crippen LogP contribution is -2.25. The van der Waals surface area contributed by atoms with E-state index in [4.69, 9.17) is 0 Å². The Balaban J connectivity index is 1.84. The van der Waals surface area contributed by atoms with Crippen LogP contribution < -0.4 is 0 Å². The fraction of sp³-hybridized carbons (Fsp3) is 0.133. The van der Waals surface area contributed by atoms with Crippen LogP contribution in [0.2, 0.25) is 0 Å². The molecule has 0 aliphatic rings. The Morgan fingerprint density at radius 1 is 1.40 bits per heavy atom. The number of rotatable bonds is 3. The minimum Gasteiger partial charge on any atom is -0.360 e. The van der Waals surface area contributed by atoms with Gasteiger partial charge < -0.3 is 9.88 Å². The molecule has 1 aromatic carbocycles. The predicted octanol–water partition coefficient (Wildman–Crippen LogP) is 4.26. The minimum absolute atomic E-state index is 0.0322. The van der Waals surface area contributed by atoms with Crippen LogP contribution >= 0.6 is 27.3 Å². The Morgan fingerprint density at radius 3 is 2.95 bits per heavy atom. The fourth-order valence-electron chi connectivity index (χ4n) is 2.23. The summed E-state index contributed by atoms with van der Waals surface area (Å²) in [5, 5.41) is 3.03. The predicted molar refractivity (Wildman–Crippen MR) is 86.1 cm³/mol. The Bertz CT molecular complexity index is 762. The van der Waals surface area contributed by atoms with E-state index >= 15 is 0 Å². The molecule has 3 rings (SSSR count). The maximum atomic E-state index is 12.5. The zero-order valence-corrected chi connectivity index (χ0v) is 13.3. The molecule has 2 heterocycles. The first kappa shape index (κ1) is 13.4. The Labute approximate surface area is 129 Å². The minimum atomic E-state index is 0.0322. The lowest BCUT2D eigenvalue weighted by Gasteiger charge is -2.15. The third kappa shape index (κ3) is 2.51. The molecule has 0 saturated carbocycles. The largest absolute Gasteiger partial charge is 0.360 e. The van der Waals surface area contributed by atoms with Crippen LogP contribution in [-0.2, 0) is 6.54 Å². The van der Waals surface area contributed by atoms with E-state index in [1.807, 2.05) is 37.4 Å². The van der Waals surface area contributed by atoms with Gasteiger partial charge in [-0.1, -0.05) is 18.2 Å². The number of carbonyl (C=O) groups excluding carboxylic acids is 1. The molecule has 0 saturated heterocycles. The Morgan fingerprint density at radius 2 is 2.20 bits per heavy atom. The Hall–Kier alpha value is -1.59. The number of halogens is 1. The number of aromatic nitrogens is 1. The van der Waals surface area contributed by atoms with Crippen LogP contribution in [0.3, 0.4) is 0 Å². The van der Waals surface area contributed by atoms with Crippen LogP contribution in [0.15, 0.2) is 45.7 Å². The summed E-state index contributed by atoms with van der Waals surface area (Å²) in [6.45, 7) is 0.612. The van der Waals surface area contributed by atoms with Gasteiger partial charge >= 0.3 is 0 Å². The molecular weight excluding hydrogens is 336 g/mol. The summed E-state index contributed by atoms with van der Waals surface area (Å²) in [6, 6.07) is 9.89. The molecule has 5 heteroatoms. The average Bonchev–Trinajstić information content (AvgIpc) is 3.04. The topological polar surface area (TPSA) is 36.1 Å². The van der Waals surface area contributed by atoms with Crippen molar-refractivity contribution in [3.05, 3.63) is 56.8 Å². The normalized spacial score (nSPS) is 10.9. The van der Waals surface area contributed by atoms with Crippen molar-refractivity contribution >= 4 is 44.1 Å². The molecule has 0 bridgehead atoms. The monoisotopic (exact) mass is 348 g/mol. The maximum absolute atomic E-state index is 12.5. The highest BCUT2D eigenvalue weighted by atomic mass is 79.9. The van der Waals surface area contributed by atoms with Crippen molar-refractivity contribution in [3.63, 3.8) is 0 Å². The summed E-state index contributed by atoms with van der Waals surface area (Å²) < 4.78 is 1.08. The molecule has 1 amide bonds. The number of amides is 1. The van der Waals surface area contributed by atoms with Gasteiger partial charge in [-0.2, -0.15) is 0 Å². The van der Waals surface area contributed by atoms with Crippen LogP contribution in [-0.4, -0.2) is 22.8 Å². The van der Waals surface area contributed by atoms with E-state index in [0.29, 0.717) is 6.54 Å². The van der Waals surface area contributed by atoms with Gasteiger partial charge in [0, 0.05) is 30.7 Å². The number of carbonyl (C=O) groups is 1. The van der Waals surface area contributed by atoms with Gasteiger partial charge in [-0.15, -0.1) is 11.3 Å². The molecule has 0 aliphatic carbocycles. The number of para-hydroxylation sites is 1. The van der Waals surface area contributed by atoms with Crippen molar-refractivity contribution in [1.82, 2.24) is 9.88 Å². The summed E-state index contributed by atoms with van der Waals surface area (Å²) in [4.78, 5) is 17.4. The zero-order valence-electron chi connectivity index (χ0n) is 10.9. The second kappa shape index (κ2) is 5.42. The SMILES string of the molecule is CN(Cc1csc(Br)c1)C(=O)c1c[nH]c2ccccc12. The summed E-state index contributed by atoms with van der Waals surface area (Å²) in [7, 11) is 1.83. The van der Waals surface area contributed by atoms with Crippen LogP contribution in [0.4, 0.5) is 0 Å². The first-order valence-electron chi connectivity index (χ1n) is 6.19. The van der Waals surface area contributed by atoms with Crippen molar-refractivity contribution in [2.45, 2.75) is 6.54 Å². The van der Waals surface area contributed by atoms with Crippen LogP contribution in [0.25, 0.3) is 10.9 Å². The standard InChI is InChI=1S/C15H13BrN2OS/c1-18(8-10-6-14(16)20-9-10)15(19)12-7-17-13-5-3-2-4-11(12)13/h2-7,9,17H,8H2,1H3. The van der Waals surface area contributed by atoms with Crippen LogP contribution in [0.5, 0.6) is 0 Å². The zero-order chi connectivity index (χ0) is 14.1. The van der Waals surface area contributed by atoms with E-state index < -0.39 is 0 Å². The van der Waals surface area contributed by atoms with Crippen molar-refractivity contribution in [3.8, 4) is 0 Å². The molecule has 0 atom stereocenters. The molecule has 0 radical (unpaired) electrons. The highest BCUT2D eigenvalue weighted by Crippen LogP contribution is 2.23. The van der Waals surface area contributed by atoms with E-state index in [9.17, 15) is 4.79 Å². The van der Waals surface area contributed by atoms with E-state index in [-0.39, 0.29) is 5.91 Å². The Kier molecular flexibility index (Phi) is 3.63. The number of nitrogens with one attached hydrogen (secondary N) is 1. The number of thiophene rings is 1. The van der Waals surface area contributed by atoms with Crippen molar-refractivity contribution in [2.24, 2.45) is 0 Å². The van der Waals surface area contributed by atoms with Gasteiger partial charge in [-0.25, -0.2) is 0 Å². The molecule has 2 aromatic heterocycles. The number of nitrogens with zero attached hydrogens (tertiary/aromatic N) is 1. The van der Waals surface area contributed by atoms with Crippen molar-refractivity contribution < 1.29 is 4.79 Å². The number of hydrogen-bond donors (Lipinski definition) is 1. The fourth-order valence-corrected chi connectivity index (χ4v) is 3.43. The molecule has 0 spiro atoms. The van der Waals surface area contributed by atoms with E-state index in [0.717, 1.165) is 25.8 Å². The van der Waals surface area contributed by atoms with Gasteiger partial charge in [-0.3, -0.25) is 4.79 Å². The first-order chi connectivity index (χ1) is 9.65. The summed E-state index contributed by atoms with van der Waals surface area (Å²) in [6.07, 6.45) is 1.78. The highest BCUT2D eigenvalue weighted by molar-refractivity contribution is 9.11. The second-order valence-corrected chi connectivity index (χ2v) is 6.96. The molecule has 0 aliphatic heterocycles. The average molecular weight is 349 g/mol. The quantitative estimate of drug-likeness (QED) is 0.753. The highest BCUT2D eigenvalue weighted by Gasteiger charge is 2.16. The lowest BCUT2D eigenvalue weighted by molar-refractivity contribution is 0.0787. The smallest absolute Gasteiger partial charge is 0.256 e. The van der Waals surface area contributed by atoms with E-state index in [1.54, 1.807) is 22.4 Å². The molecular formula is C15H13BrN2OS. The molecule has 3 nitrogen and oxygen atoms in total. The molecule has 0 unspecified atom stereocenters. The van der Waals surface area contributed by atoms with E-state index in [1.165, 1.54) is 0 Å². The summed E-state index contributed by atoms with van der Waals surface area (Å²) in [5.74, 6) is 0.0322. The first-order valence-corrected chi connectivity index (χ1v) is 7.87. The lowest BCUT2D eigenvalue weighted by atomic mass is 10.1. The summed E-state index contributed by atoms with van der Waals surface area (Å²) >= 11 is 5.07. The number of hydrogen-bond acceptors (Lipinski definition) is 2. The third-order valence-corrected chi connectivity index (χ3v) is 4.76. The summed E-state index contributed by atoms with van der Waals surface area (Å²) in [5.41, 5.74) is 2.84.